The fourth-order valence-corrected chi connectivity index (χ4v) is 4.73. The summed E-state index contributed by atoms with van der Waals surface area (Å²) in [6.07, 6.45) is 0. The third-order valence-corrected chi connectivity index (χ3v) is 6.89. The summed E-state index contributed by atoms with van der Waals surface area (Å²) in [7, 11) is 0. The van der Waals surface area contributed by atoms with E-state index >= 15 is 0 Å². The Morgan fingerprint density at radius 1 is 0.444 bits per heavy atom. The molecule has 4 heterocycles. The molecule has 4 aliphatic heterocycles. The van der Waals surface area contributed by atoms with Crippen molar-refractivity contribution in [3.8, 4) is 0 Å². The van der Waals surface area contributed by atoms with Crippen LogP contribution in [0.1, 0.15) is 0 Å². The van der Waals surface area contributed by atoms with Crippen molar-refractivity contribution in [2.75, 3.05) is 138 Å². The van der Waals surface area contributed by atoms with Crippen LogP contribution in [-0.4, -0.2) is 190 Å². The standard InChI is InChI=1S/C21H42N6O3.C2H2O4/c1(22-7-13-28-14-8-22)4-25-19-26(5-2-23-9-15-29-16-10-23)21-27(20-25)6-3-24-11-17-30-18-12-24;3-1(4)2(5)6/h1-21H2;(H,3,4)(H,5,6). The van der Waals surface area contributed by atoms with Crippen LogP contribution >= 0.6 is 0 Å². The Balaban J connectivity index is 0.000000538. The van der Waals surface area contributed by atoms with Crippen molar-refractivity contribution in [2.24, 2.45) is 0 Å². The second kappa shape index (κ2) is 16.4. The number of hydrogen-bond acceptors (Lipinski definition) is 11. The normalized spacial score (nSPS) is 24.2. The number of hydrogen-bond donors (Lipinski definition) is 2. The van der Waals surface area contributed by atoms with Gasteiger partial charge in [-0.15, -0.1) is 0 Å². The van der Waals surface area contributed by atoms with Gasteiger partial charge >= 0.3 is 11.9 Å². The first-order valence-electron chi connectivity index (χ1n) is 13.0. The van der Waals surface area contributed by atoms with Crippen LogP contribution in [0.2, 0.25) is 0 Å². The predicted octanol–water partition coefficient (Wildman–Crippen LogP) is -2.07. The Kier molecular flexibility index (Phi) is 13.3. The van der Waals surface area contributed by atoms with Gasteiger partial charge in [-0.25, -0.2) is 9.59 Å². The zero-order valence-corrected chi connectivity index (χ0v) is 21.5. The Hall–Kier alpha value is -1.42. The van der Waals surface area contributed by atoms with E-state index in [2.05, 4.69) is 29.4 Å². The van der Waals surface area contributed by atoms with E-state index in [1.165, 1.54) is 0 Å². The summed E-state index contributed by atoms with van der Waals surface area (Å²) >= 11 is 0. The summed E-state index contributed by atoms with van der Waals surface area (Å²) in [5.74, 6) is -3.65. The molecule has 0 radical (unpaired) electrons. The van der Waals surface area contributed by atoms with Crippen molar-refractivity contribution in [3.63, 3.8) is 0 Å². The molecule has 0 unspecified atom stereocenters. The lowest BCUT2D eigenvalue weighted by atomic mass is 10.3. The lowest BCUT2D eigenvalue weighted by Crippen LogP contribution is -2.58. The maximum Gasteiger partial charge on any atom is 0.414 e. The first-order chi connectivity index (χ1) is 17.5. The molecule has 208 valence electrons. The lowest BCUT2D eigenvalue weighted by Gasteiger charge is -2.44. The van der Waals surface area contributed by atoms with Crippen molar-refractivity contribution in [3.05, 3.63) is 0 Å². The molecule has 4 saturated heterocycles. The quantitative estimate of drug-likeness (QED) is 0.327. The minimum absolute atomic E-state index is 0.886. The fraction of sp³-hybridized carbons (Fsp3) is 0.913. The van der Waals surface area contributed by atoms with E-state index in [1.54, 1.807) is 0 Å². The molecule has 4 rings (SSSR count). The molecule has 0 bridgehead atoms. The van der Waals surface area contributed by atoms with Gasteiger partial charge in [0.15, 0.2) is 0 Å². The Morgan fingerprint density at radius 3 is 0.889 bits per heavy atom. The van der Waals surface area contributed by atoms with E-state index in [-0.39, 0.29) is 0 Å². The highest BCUT2D eigenvalue weighted by atomic mass is 16.5. The fourth-order valence-electron chi connectivity index (χ4n) is 4.73. The molecule has 0 amide bonds. The SMILES string of the molecule is C1CN(CCN2CN(CCN3CCOCC3)CN(CCN3CCOCC3)C2)CCO1.O=C(O)C(=O)O. The highest BCUT2D eigenvalue weighted by Gasteiger charge is 2.25. The number of ether oxygens (including phenoxy) is 3. The second-order valence-electron chi connectivity index (χ2n) is 9.58. The molecule has 13 heteroatoms. The summed E-state index contributed by atoms with van der Waals surface area (Å²) in [6, 6.07) is 0. The van der Waals surface area contributed by atoms with Crippen LogP contribution in [0.5, 0.6) is 0 Å². The van der Waals surface area contributed by atoms with Crippen molar-refractivity contribution >= 4 is 11.9 Å². The smallest absolute Gasteiger partial charge is 0.414 e. The minimum atomic E-state index is -1.82. The highest BCUT2D eigenvalue weighted by molar-refractivity contribution is 6.27. The van der Waals surface area contributed by atoms with Crippen LogP contribution < -0.4 is 0 Å². The van der Waals surface area contributed by atoms with E-state index in [4.69, 9.17) is 34.0 Å². The summed E-state index contributed by atoms with van der Waals surface area (Å²) in [5.41, 5.74) is 0. The first kappa shape index (κ1) is 29.1. The molecule has 4 aliphatic rings. The van der Waals surface area contributed by atoms with Gasteiger partial charge in [-0.1, -0.05) is 0 Å². The van der Waals surface area contributed by atoms with E-state index in [0.29, 0.717) is 0 Å². The summed E-state index contributed by atoms with van der Waals surface area (Å²) < 4.78 is 16.5. The van der Waals surface area contributed by atoms with Gasteiger partial charge in [0, 0.05) is 78.5 Å². The van der Waals surface area contributed by atoms with Gasteiger partial charge < -0.3 is 24.4 Å². The number of rotatable bonds is 9. The molecule has 0 aromatic rings. The third-order valence-electron chi connectivity index (χ3n) is 6.89. The Morgan fingerprint density at radius 2 is 0.667 bits per heavy atom. The number of morpholine rings is 3. The van der Waals surface area contributed by atoms with Crippen LogP contribution in [0, 0.1) is 0 Å². The molecule has 0 aromatic carbocycles. The molecule has 13 nitrogen and oxygen atoms in total. The van der Waals surface area contributed by atoms with Gasteiger partial charge in [0.2, 0.25) is 0 Å². The largest absolute Gasteiger partial charge is 0.473 e. The molecule has 0 saturated carbocycles. The van der Waals surface area contributed by atoms with E-state index in [1.807, 2.05) is 0 Å². The average molecular weight is 517 g/mol. The van der Waals surface area contributed by atoms with Gasteiger partial charge in [-0.3, -0.25) is 29.4 Å². The molecular formula is C23H44N6O7. The van der Waals surface area contributed by atoms with Crippen molar-refractivity contribution in [1.29, 1.82) is 0 Å². The number of aliphatic carboxylic acids is 2. The summed E-state index contributed by atoms with van der Waals surface area (Å²) in [5, 5.41) is 14.8. The van der Waals surface area contributed by atoms with Gasteiger partial charge in [-0.05, 0) is 0 Å². The number of nitrogens with zero attached hydrogens (tertiary/aromatic N) is 6. The topological polar surface area (TPSA) is 122 Å². The second-order valence-corrected chi connectivity index (χ2v) is 9.58. The Labute approximate surface area is 214 Å². The molecular weight excluding hydrogens is 472 g/mol. The van der Waals surface area contributed by atoms with Gasteiger partial charge in [-0.2, -0.15) is 0 Å². The maximum absolute atomic E-state index is 9.10. The van der Waals surface area contributed by atoms with Gasteiger partial charge in [0.05, 0.1) is 59.6 Å². The number of carboxylic acid groups (broad SMARTS) is 2. The molecule has 0 aliphatic carbocycles. The molecule has 36 heavy (non-hydrogen) atoms. The van der Waals surface area contributed by atoms with Crippen LogP contribution in [0.3, 0.4) is 0 Å². The van der Waals surface area contributed by atoms with Crippen LogP contribution in [0.15, 0.2) is 0 Å². The van der Waals surface area contributed by atoms with Gasteiger partial charge in [0.25, 0.3) is 0 Å². The van der Waals surface area contributed by atoms with Crippen molar-refractivity contribution < 1.29 is 34.0 Å². The molecule has 0 atom stereocenters. The van der Waals surface area contributed by atoms with E-state index < -0.39 is 11.9 Å². The van der Waals surface area contributed by atoms with Crippen molar-refractivity contribution in [2.45, 2.75) is 0 Å². The van der Waals surface area contributed by atoms with E-state index in [9.17, 15) is 0 Å². The lowest BCUT2D eigenvalue weighted by molar-refractivity contribution is -0.159. The Bertz CT molecular complexity index is 558. The van der Waals surface area contributed by atoms with Gasteiger partial charge in [0.1, 0.15) is 0 Å². The van der Waals surface area contributed by atoms with Crippen LogP contribution in [0.4, 0.5) is 0 Å². The predicted molar refractivity (Wildman–Crippen MR) is 132 cm³/mol. The van der Waals surface area contributed by atoms with Crippen molar-refractivity contribution in [1.82, 2.24) is 29.4 Å². The summed E-state index contributed by atoms with van der Waals surface area (Å²) in [4.78, 5) is 33.8. The highest BCUT2D eigenvalue weighted by Crippen LogP contribution is 2.10. The number of carbonyl (C=O) groups is 2. The number of carboxylic acids is 2. The average Bonchev–Trinajstić information content (AvgIpc) is 2.92. The first-order valence-corrected chi connectivity index (χ1v) is 13.0. The maximum atomic E-state index is 9.10. The monoisotopic (exact) mass is 516 g/mol. The summed E-state index contributed by atoms with van der Waals surface area (Å²) in [6.45, 7) is 21.9. The zero-order valence-electron chi connectivity index (χ0n) is 21.5. The molecule has 4 fully saturated rings. The van der Waals surface area contributed by atoms with Crippen LogP contribution in [-0.2, 0) is 23.8 Å². The van der Waals surface area contributed by atoms with E-state index in [0.717, 1.165) is 138 Å². The van der Waals surface area contributed by atoms with Crippen LogP contribution in [0.25, 0.3) is 0 Å². The zero-order chi connectivity index (χ0) is 25.6. The molecule has 2 N–H and O–H groups in total. The molecule has 0 aromatic heterocycles. The third kappa shape index (κ3) is 11.3. The molecule has 0 spiro atoms. The minimum Gasteiger partial charge on any atom is -0.473 e.